The lowest BCUT2D eigenvalue weighted by atomic mass is 10.1. The van der Waals surface area contributed by atoms with Crippen LogP contribution in [-0.4, -0.2) is 30.5 Å². The van der Waals surface area contributed by atoms with Crippen molar-refractivity contribution in [3.05, 3.63) is 95.3 Å². The average molecular weight is 400 g/mol. The van der Waals surface area contributed by atoms with Gasteiger partial charge in [-0.15, -0.1) is 0 Å². The van der Waals surface area contributed by atoms with Crippen LogP contribution in [-0.2, 0) is 24.3 Å². The summed E-state index contributed by atoms with van der Waals surface area (Å²) in [5, 5.41) is 11.7. The van der Waals surface area contributed by atoms with Crippen molar-refractivity contribution in [1.82, 2.24) is 29.9 Å². The summed E-state index contributed by atoms with van der Waals surface area (Å²) in [6, 6.07) is 18.1. The number of amides is 1. The van der Waals surface area contributed by atoms with E-state index in [0.29, 0.717) is 19.5 Å². The Kier molecular flexibility index (Phi) is 5.70. The van der Waals surface area contributed by atoms with Gasteiger partial charge in [0.1, 0.15) is 12.7 Å². The molecule has 0 atom stereocenters. The van der Waals surface area contributed by atoms with Crippen molar-refractivity contribution in [3.8, 4) is 5.69 Å². The van der Waals surface area contributed by atoms with Crippen LogP contribution in [0, 0.1) is 13.8 Å². The van der Waals surface area contributed by atoms with E-state index in [0.717, 1.165) is 33.8 Å². The normalized spacial score (nSPS) is 10.9. The lowest BCUT2D eigenvalue weighted by Crippen LogP contribution is -2.25. The van der Waals surface area contributed by atoms with Gasteiger partial charge >= 0.3 is 0 Å². The number of carbonyl (C=O) groups is 1. The Morgan fingerprint density at radius 1 is 1.00 bits per heavy atom. The number of nitrogens with zero attached hydrogens (tertiary/aromatic N) is 5. The molecule has 2 aromatic carbocycles. The van der Waals surface area contributed by atoms with Crippen LogP contribution in [0.5, 0.6) is 0 Å². The molecular weight excluding hydrogens is 376 g/mol. The van der Waals surface area contributed by atoms with Crippen LogP contribution >= 0.6 is 0 Å². The molecule has 2 aromatic heterocycles. The first-order chi connectivity index (χ1) is 14.6. The zero-order chi connectivity index (χ0) is 20.9. The Bertz CT molecular complexity index is 1110. The first-order valence-corrected chi connectivity index (χ1v) is 9.87. The Labute approximate surface area is 175 Å². The van der Waals surface area contributed by atoms with Gasteiger partial charge in [0, 0.05) is 17.8 Å². The molecule has 0 aliphatic carbocycles. The van der Waals surface area contributed by atoms with Gasteiger partial charge in [-0.1, -0.05) is 42.5 Å². The number of rotatable bonds is 7. The highest BCUT2D eigenvalue weighted by Gasteiger charge is 2.15. The van der Waals surface area contributed by atoms with Crippen molar-refractivity contribution in [2.75, 3.05) is 0 Å². The van der Waals surface area contributed by atoms with Gasteiger partial charge in [-0.05, 0) is 37.1 Å². The largest absolute Gasteiger partial charge is 0.352 e. The molecule has 4 rings (SSSR count). The van der Waals surface area contributed by atoms with Crippen molar-refractivity contribution in [1.29, 1.82) is 0 Å². The smallest absolute Gasteiger partial charge is 0.224 e. The van der Waals surface area contributed by atoms with E-state index >= 15 is 0 Å². The molecule has 1 amide bonds. The van der Waals surface area contributed by atoms with Gasteiger partial charge in [0.25, 0.3) is 0 Å². The molecular formula is C23H24N6O. The third-order valence-corrected chi connectivity index (χ3v) is 5.10. The Morgan fingerprint density at radius 3 is 2.43 bits per heavy atom. The highest BCUT2D eigenvalue weighted by molar-refractivity contribution is 5.79. The van der Waals surface area contributed by atoms with Crippen LogP contribution in [0.4, 0.5) is 0 Å². The van der Waals surface area contributed by atoms with E-state index in [2.05, 4.69) is 20.5 Å². The zero-order valence-electron chi connectivity index (χ0n) is 17.1. The fraction of sp³-hybridized carbons (Fsp3) is 0.217. The molecule has 7 nitrogen and oxygen atoms in total. The Hall–Kier alpha value is -3.74. The fourth-order valence-corrected chi connectivity index (χ4v) is 3.44. The number of benzene rings is 2. The standard InChI is InChI=1S/C23H24N6O/c1-17-22(18(2)29(27-17)21-6-4-3-5-7-21)12-23(30)25-13-19-8-10-20(11-9-19)14-28-16-24-15-26-28/h3-11,15-16H,12-14H2,1-2H3,(H,25,30). The molecule has 0 fully saturated rings. The third-order valence-electron chi connectivity index (χ3n) is 5.10. The molecule has 0 radical (unpaired) electrons. The minimum atomic E-state index is -0.0134. The SMILES string of the molecule is Cc1nn(-c2ccccc2)c(C)c1CC(=O)NCc1ccc(Cn2cncn2)cc1. The van der Waals surface area contributed by atoms with Gasteiger partial charge in [0.05, 0.1) is 24.3 Å². The van der Waals surface area contributed by atoms with Gasteiger partial charge in [-0.3, -0.25) is 4.79 Å². The predicted molar refractivity (Wildman–Crippen MR) is 114 cm³/mol. The van der Waals surface area contributed by atoms with E-state index < -0.39 is 0 Å². The summed E-state index contributed by atoms with van der Waals surface area (Å²) in [5.74, 6) is -0.0134. The molecule has 0 saturated carbocycles. The summed E-state index contributed by atoms with van der Waals surface area (Å²) >= 11 is 0. The molecule has 7 heteroatoms. The van der Waals surface area contributed by atoms with Crippen molar-refractivity contribution < 1.29 is 4.79 Å². The molecule has 0 bridgehead atoms. The van der Waals surface area contributed by atoms with Crippen molar-refractivity contribution in [2.24, 2.45) is 0 Å². The van der Waals surface area contributed by atoms with Gasteiger partial charge in [-0.2, -0.15) is 10.2 Å². The van der Waals surface area contributed by atoms with Crippen LogP contribution in [0.3, 0.4) is 0 Å². The van der Waals surface area contributed by atoms with E-state index in [1.165, 1.54) is 6.33 Å². The van der Waals surface area contributed by atoms with E-state index in [4.69, 9.17) is 0 Å². The summed E-state index contributed by atoms with van der Waals surface area (Å²) < 4.78 is 3.67. The number of aromatic nitrogens is 5. The van der Waals surface area contributed by atoms with Crippen LogP contribution in [0.15, 0.2) is 67.3 Å². The average Bonchev–Trinajstić information content (AvgIpc) is 3.37. The fourth-order valence-electron chi connectivity index (χ4n) is 3.44. The van der Waals surface area contributed by atoms with Crippen LogP contribution in [0.2, 0.25) is 0 Å². The molecule has 0 spiro atoms. The molecule has 0 saturated heterocycles. The molecule has 4 aromatic rings. The summed E-state index contributed by atoms with van der Waals surface area (Å²) in [6.45, 7) is 5.12. The Balaban J connectivity index is 1.35. The number of hydrogen-bond donors (Lipinski definition) is 1. The summed E-state index contributed by atoms with van der Waals surface area (Å²) in [6.07, 6.45) is 3.53. The first kappa shape index (κ1) is 19.6. The maximum absolute atomic E-state index is 12.5. The van der Waals surface area contributed by atoms with E-state index in [1.807, 2.05) is 73.1 Å². The molecule has 0 aliphatic heterocycles. The lowest BCUT2D eigenvalue weighted by molar-refractivity contribution is -0.120. The summed E-state index contributed by atoms with van der Waals surface area (Å²) in [4.78, 5) is 16.5. The minimum Gasteiger partial charge on any atom is -0.352 e. The highest BCUT2D eigenvalue weighted by atomic mass is 16.1. The lowest BCUT2D eigenvalue weighted by Gasteiger charge is -2.08. The van der Waals surface area contributed by atoms with Gasteiger partial charge < -0.3 is 5.32 Å². The van der Waals surface area contributed by atoms with E-state index in [-0.39, 0.29) is 5.91 Å². The number of nitrogens with one attached hydrogen (secondary N) is 1. The second-order valence-electron chi connectivity index (χ2n) is 7.26. The maximum atomic E-state index is 12.5. The first-order valence-electron chi connectivity index (χ1n) is 9.87. The van der Waals surface area contributed by atoms with Gasteiger partial charge in [0.15, 0.2) is 0 Å². The van der Waals surface area contributed by atoms with Gasteiger partial charge in [0.2, 0.25) is 5.91 Å². The quantitative estimate of drug-likeness (QED) is 0.517. The number of carbonyl (C=O) groups excluding carboxylic acids is 1. The second kappa shape index (κ2) is 8.73. The Morgan fingerprint density at radius 2 is 1.73 bits per heavy atom. The summed E-state index contributed by atoms with van der Waals surface area (Å²) in [5.41, 5.74) is 6.03. The highest BCUT2D eigenvalue weighted by Crippen LogP contribution is 2.18. The number of aryl methyl sites for hydroxylation is 1. The second-order valence-corrected chi connectivity index (χ2v) is 7.26. The topological polar surface area (TPSA) is 77.6 Å². The van der Waals surface area contributed by atoms with E-state index in [9.17, 15) is 4.79 Å². The van der Waals surface area contributed by atoms with Crippen LogP contribution in [0.25, 0.3) is 5.69 Å². The minimum absolute atomic E-state index is 0.0134. The van der Waals surface area contributed by atoms with E-state index in [1.54, 1.807) is 11.0 Å². The number of hydrogen-bond acceptors (Lipinski definition) is 4. The molecule has 1 N–H and O–H groups in total. The molecule has 30 heavy (non-hydrogen) atoms. The van der Waals surface area contributed by atoms with Crippen LogP contribution < -0.4 is 5.32 Å². The zero-order valence-corrected chi connectivity index (χ0v) is 17.1. The summed E-state index contributed by atoms with van der Waals surface area (Å²) in [7, 11) is 0. The molecule has 2 heterocycles. The van der Waals surface area contributed by atoms with Crippen molar-refractivity contribution >= 4 is 5.91 Å². The number of para-hydroxylation sites is 1. The monoisotopic (exact) mass is 400 g/mol. The molecule has 152 valence electrons. The van der Waals surface area contributed by atoms with Crippen molar-refractivity contribution in [3.63, 3.8) is 0 Å². The molecule has 0 aliphatic rings. The molecule has 0 unspecified atom stereocenters. The maximum Gasteiger partial charge on any atom is 0.224 e. The van der Waals surface area contributed by atoms with Gasteiger partial charge in [-0.25, -0.2) is 14.3 Å². The predicted octanol–water partition coefficient (Wildman–Crippen LogP) is 2.99. The van der Waals surface area contributed by atoms with Crippen molar-refractivity contribution in [2.45, 2.75) is 33.4 Å². The third kappa shape index (κ3) is 4.46. The van der Waals surface area contributed by atoms with Crippen LogP contribution in [0.1, 0.15) is 28.1 Å².